The van der Waals surface area contributed by atoms with Crippen LogP contribution in [-0.2, 0) is 0 Å². The number of aryl methyl sites for hydroxylation is 1. The van der Waals surface area contributed by atoms with E-state index in [4.69, 9.17) is 16.3 Å². The third-order valence-corrected chi connectivity index (χ3v) is 6.49. The molecule has 3 unspecified atom stereocenters. The monoisotopic (exact) mass is 294 g/mol. The Morgan fingerprint density at radius 1 is 1.20 bits per heavy atom. The van der Waals surface area contributed by atoms with Crippen LogP contribution in [0.1, 0.15) is 51.4 Å². The lowest BCUT2D eigenvalue weighted by Crippen LogP contribution is -2.39. The summed E-state index contributed by atoms with van der Waals surface area (Å²) in [4.78, 5) is 8.62. The molecule has 4 heteroatoms. The van der Waals surface area contributed by atoms with E-state index in [1.807, 2.05) is 13.8 Å². The summed E-state index contributed by atoms with van der Waals surface area (Å²) in [6, 6.07) is 0. The van der Waals surface area contributed by atoms with Crippen molar-refractivity contribution < 1.29 is 4.74 Å². The molecule has 3 rings (SSSR count). The maximum atomic E-state index is 6.30. The first kappa shape index (κ1) is 14.1. The van der Waals surface area contributed by atoms with E-state index in [2.05, 4.69) is 30.7 Å². The second-order valence-corrected chi connectivity index (χ2v) is 7.57. The molecule has 0 spiro atoms. The number of halogens is 1. The van der Waals surface area contributed by atoms with E-state index < -0.39 is 0 Å². The number of fused-ring (bicyclic) bond motifs is 2. The third-order valence-electron chi connectivity index (χ3n) is 6.12. The van der Waals surface area contributed by atoms with Gasteiger partial charge in [0.05, 0.1) is 0 Å². The molecule has 2 aliphatic rings. The van der Waals surface area contributed by atoms with Gasteiger partial charge in [-0.2, -0.15) is 4.98 Å². The van der Waals surface area contributed by atoms with Crippen molar-refractivity contribution in [3.05, 3.63) is 16.5 Å². The van der Waals surface area contributed by atoms with Gasteiger partial charge in [0.25, 0.3) is 0 Å². The highest BCUT2D eigenvalue weighted by Crippen LogP contribution is 2.66. The fraction of sp³-hybridized carbons (Fsp3) is 0.750. The average Bonchev–Trinajstić information content (AvgIpc) is 2.68. The van der Waals surface area contributed by atoms with E-state index in [-0.39, 0.29) is 11.5 Å². The van der Waals surface area contributed by atoms with E-state index in [1.165, 1.54) is 12.8 Å². The summed E-state index contributed by atoms with van der Waals surface area (Å²) in [7, 11) is 0. The summed E-state index contributed by atoms with van der Waals surface area (Å²) in [5, 5.41) is 0.500. The van der Waals surface area contributed by atoms with Gasteiger partial charge < -0.3 is 4.74 Å². The summed E-state index contributed by atoms with van der Waals surface area (Å²) in [6.45, 7) is 10.9. The predicted molar refractivity (Wildman–Crippen MR) is 80.2 cm³/mol. The summed E-state index contributed by atoms with van der Waals surface area (Å²) in [6.07, 6.45) is 3.93. The normalized spacial score (nSPS) is 34.5. The Morgan fingerprint density at radius 3 is 2.45 bits per heavy atom. The molecule has 2 bridgehead atoms. The molecular formula is C16H23ClN2O. The Balaban J connectivity index is 1.91. The van der Waals surface area contributed by atoms with Crippen LogP contribution in [0.25, 0.3) is 0 Å². The maximum Gasteiger partial charge on any atom is 0.221 e. The SMILES string of the molecule is Cc1nc(Cl)c(C)c(OC2CC3CCC2(C)C3(C)C)n1. The zero-order chi connectivity index (χ0) is 14.7. The quantitative estimate of drug-likeness (QED) is 0.761. The minimum Gasteiger partial charge on any atom is -0.473 e. The van der Waals surface area contributed by atoms with Crippen LogP contribution < -0.4 is 4.74 Å². The average molecular weight is 295 g/mol. The minimum atomic E-state index is 0.232. The molecule has 2 fully saturated rings. The molecule has 110 valence electrons. The molecule has 3 atom stereocenters. The smallest absolute Gasteiger partial charge is 0.221 e. The summed E-state index contributed by atoms with van der Waals surface area (Å²) in [5.41, 5.74) is 1.42. The van der Waals surface area contributed by atoms with Gasteiger partial charge in [0.1, 0.15) is 17.1 Å². The van der Waals surface area contributed by atoms with Crippen molar-refractivity contribution in [1.82, 2.24) is 9.97 Å². The van der Waals surface area contributed by atoms with Gasteiger partial charge in [-0.15, -0.1) is 0 Å². The first-order valence-corrected chi connectivity index (χ1v) is 7.81. The van der Waals surface area contributed by atoms with Gasteiger partial charge in [-0.25, -0.2) is 4.98 Å². The number of nitrogens with zero attached hydrogens (tertiary/aromatic N) is 2. The fourth-order valence-corrected chi connectivity index (χ4v) is 4.33. The van der Waals surface area contributed by atoms with Crippen molar-refractivity contribution >= 4 is 11.6 Å². The molecule has 2 aliphatic carbocycles. The Hall–Kier alpha value is -0.830. The van der Waals surface area contributed by atoms with Gasteiger partial charge in [-0.1, -0.05) is 32.4 Å². The fourth-order valence-electron chi connectivity index (χ4n) is 4.13. The first-order chi connectivity index (χ1) is 9.25. The Labute approximate surface area is 126 Å². The Bertz CT molecular complexity index is 558. The molecular weight excluding hydrogens is 272 g/mol. The topological polar surface area (TPSA) is 35.0 Å². The molecule has 0 radical (unpaired) electrons. The van der Waals surface area contributed by atoms with E-state index in [9.17, 15) is 0 Å². The van der Waals surface area contributed by atoms with E-state index in [0.717, 1.165) is 17.9 Å². The van der Waals surface area contributed by atoms with Crippen molar-refractivity contribution in [2.24, 2.45) is 16.7 Å². The molecule has 2 saturated carbocycles. The Kier molecular flexibility index (Phi) is 3.06. The molecule has 0 aliphatic heterocycles. The van der Waals surface area contributed by atoms with Crippen LogP contribution in [0.4, 0.5) is 0 Å². The van der Waals surface area contributed by atoms with Crippen LogP contribution in [0.5, 0.6) is 5.88 Å². The van der Waals surface area contributed by atoms with Crippen LogP contribution in [-0.4, -0.2) is 16.1 Å². The summed E-state index contributed by atoms with van der Waals surface area (Å²) < 4.78 is 6.30. The molecule has 1 aromatic rings. The van der Waals surface area contributed by atoms with Crippen molar-refractivity contribution in [3.8, 4) is 5.88 Å². The molecule has 0 amide bonds. The largest absolute Gasteiger partial charge is 0.473 e. The van der Waals surface area contributed by atoms with Gasteiger partial charge in [0, 0.05) is 11.0 Å². The molecule has 3 nitrogen and oxygen atoms in total. The van der Waals surface area contributed by atoms with E-state index in [0.29, 0.717) is 22.3 Å². The first-order valence-electron chi connectivity index (χ1n) is 7.43. The zero-order valence-electron chi connectivity index (χ0n) is 13.0. The molecule has 0 aromatic carbocycles. The maximum absolute atomic E-state index is 6.30. The van der Waals surface area contributed by atoms with Crippen LogP contribution >= 0.6 is 11.6 Å². The zero-order valence-corrected chi connectivity index (χ0v) is 13.7. The highest BCUT2D eigenvalue weighted by atomic mass is 35.5. The molecule has 1 aromatic heterocycles. The second-order valence-electron chi connectivity index (χ2n) is 7.21. The van der Waals surface area contributed by atoms with Crippen molar-refractivity contribution in [1.29, 1.82) is 0 Å². The van der Waals surface area contributed by atoms with Gasteiger partial charge in [0.2, 0.25) is 5.88 Å². The van der Waals surface area contributed by atoms with Gasteiger partial charge in [-0.3, -0.25) is 0 Å². The standard InChI is InChI=1S/C16H23ClN2O/c1-9-13(17)18-10(2)19-14(9)20-12-8-11-6-7-16(12,5)15(11,3)4/h11-12H,6-8H2,1-5H3. The van der Waals surface area contributed by atoms with Crippen LogP contribution in [0.3, 0.4) is 0 Å². The molecule has 0 N–H and O–H groups in total. The number of hydrogen-bond acceptors (Lipinski definition) is 3. The van der Waals surface area contributed by atoms with Crippen molar-refractivity contribution in [2.75, 3.05) is 0 Å². The van der Waals surface area contributed by atoms with Gasteiger partial charge in [0.15, 0.2) is 0 Å². The predicted octanol–water partition coefficient (Wildman–Crippen LogP) is 4.34. The number of ether oxygens (including phenoxy) is 1. The second kappa shape index (κ2) is 4.33. The summed E-state index contributed by atoms with van der Waals surface area (Å²) >= 11 is 6.14. The Morgan fingerprint density at radius 2 is 1.90 bits per heavy atom. The van der Waals surface area contributed by atoms with Gasteiger partial charge in [-0.05, 0) is 44.4 Å². The van der Waals surface area contributed by atoms with E-state index in [1.54, 1.807) is 0 Å². The number of rotatable bonds is 2. The summed E-state index contributed by atoms with van der Waals surface area (Å²) in [5.74, 6) is 2.09. The lowest BCUT2D eigenvalue weighted by atomic mass is 9.70. The van der Waals surface area contributed by atoms with Crippen molar-refractivity contribution in [2.45, 2.75) is 60.0 Å². The minimum absolute atomic E-state index is 0.232. The van der Waals surface area contributed by atoms with E-state index >= 15 is 0 Å². The van der Waals surface area contributed by atoms with Crippen molar-refractivity contribution in [3.63, 3.8) is 0 Å². The molecule has 20 heavy (non-hydrogen) atoms. The third kappa shape index (κ3) is 1.78. The molecule has 0 saturated heterocycles. The lowest BCUT2D eigenvalue weighted by molar-refractivity contribution is 0.0266. The van der Waals surface area contributed by atoms with Crippen LogP contribution in [0.2, 0.25) is 5.15 Å². The van der Waals surface area contributed by atoms with Crippen LogP contribution in [0, 0.1) is 30.6 Å². The lowest BCUT2D eigenvalue weighted by Gasteiger charge is -2.38. The number of aromatic nitrogens is 2. The highest BCUT2D eigenvalue weighted by molar-refractivity contribution is 6.30. The van der Waals surface area contributed by atoms with Crippen LogP contribution in [0.15, 0.2) is 0 Å². The molecule has 1 heterocycles. The number of hydrogen-bond donors (Lipinski definition) is 0. The highest BCUT2D eigenvalue weighted by Gasteiger charge is 2.62. The van der Waals surface area contributed by atoms with Gasteiger partial charge >= 0.3 is 0 Å².